The fraction of sp³-hybridized carbons (Fsp3) is 0.444. The predicted octanol–water partition coefficient (Wildman–Crippen LogP) is 2.99. The number of nitrogens with one attached hydrogen (secondary N) is 3. The van der Waals surface area contributed by atoms with Crippen LogP contribution in [0.4, 0.5) is 0 Å². The third-order valence-electron chi connectivity index (χ3n) is 4.87. The first kappa shape index (κ1) is 29.6. The molecule has 1 unspecified atom stereocenters. The molecule has 8 nitrogen and oxygen atoms in total. The summed E-state index contributed by atoms with van der Waals surface area (Å²) in [5.74, 6) is 0.179. The second-order valence-corrected chi connectivity index (χ2v) is 8.15. The Morgan fingerprint density at radius 3 is 2.31 bits per heavy atom. The van der Waals surface area contributed by atoms with Crippen molar-refractivity contribution in [1.82, 2.24) is 16.0 Å². The molecule has 0 aromatic heterocycles. The summed E-state index contributed by atoms with van der Waals surface area (Å²) in [5, 5.41) is 7.60. The number of ether oxygens (including phenoxy) is 2. The van der Waals surface area contributed by atoms with Crippen molar-refractivity contribution in [2.24, 2.45) is 0 Å². The third kappa shape index (κ3) is 16.0. The Kier molecular flexibility index (Phi) is 15.2. The Morgan fingerprint density at radius 2 is 1.89 bits per heavy atom. The molecule has 1 fully saturated rings. The number of carbonyl (C=O) groups excluding carboxylic acids is 3. The van der Waals surface area contributed by atoms with Gasteiger partial charge in [-0.05, 0) is 58.2 Å². The lowest BCUT2D eigenvalue weighted by atomic mass is 10.2. The molecule has 0 saturated carbocycles. The molecule has 0 spiro atoms. The maximum Gasteiger partial charge on any atom is 0.267 e. The monoisotopic (exact) mass is 485 g/mol. The molecule has 1 aromatic rings. The number of allylic oxidation sites excluding steroid dienone is 4. The number of epoxide rings is 1. The first-order chi connectivity index (χ1) is 16.8. The van der Waals surface area contributed by atoms with Crippen molar-refractivity contribution in [3.8, 4) is 5.75 Å². The lowest BCUT2D eigenvalue weighted by molar-refractivity contribution is -0.125. The van der Waals surface area contributed by atoms with Gasteiger partial charge < -0.3 is 30.2 Å². The van der Waals surface area contributed by atoms with Crippen molar-refractivity contribution in [1.29, 1.82) is 0 Å². The highest BCUT2D eigenvalue weighted by molar-refractivity contribution is 5.95. The van der Waals surface area contributed by atoms with Gasteiger partial charge in [0.05, 0.1) is 32.9 Å². The number of rotatable bonds is 6. The van der Waals surface area contributed by atoms with Gasteiger partial charge in [0.1, 0.15) is 17.7 Å². The fourth-order valence-electron chi connectivity index (χ4n) is 2.69. The topological polar surface area (TPSA) is 109 Å². The molecule has 1 atom stereocenters. The van der Waals surface area contributed by atoms with E-state index in [1.165, 1.54) is 24.8 Å². The Labute approximate surface area is 208 Å². The van der Waals surface area contributed by atoms with Gasteiger partial charge in [0.25, 0.3) is 5.91 Å². The van der Waals surface area contributed by atoms with E-state index >= 15 is 0 Å². The Hall–Kier alpha value is -3.39. The third-order valence-corrected chi connectivity index (χ3v) is 4.87. The molecule has 192 valence electrons. The minimum Gasteiger partial charge on any atom is -0.497 e. The van der Waals surface area contributed by atoms with Crippen LogP contribution in [-0.4, -0.2) is 57.6 Å². The summed E-state index contributed by atoms with van der Waals surface area (Å²) in [5.41, 5.74) is 3.26. The molecule has 35 heavy (non-hydrogen) atoms. The van der Waals surface area contributed by atoms with Crippen molar-refractivity contribution in [2.75, 3.05) is 33.4 Å². The number of amides is 2. The average Bonchev–Trinajstić information content (AvgIpc) is 3.52. The molecule has 8 heteroatoms. The highest BCUT2D eigenvalue weighted by Gasteiger charge is 2.13. The van der Waals surface area contributed by atoms with Crippen LogP contribution in [0.5, 0.6) is 5.75 Å². The van der Waals surface area contributed by atoms with E-state index in [0.717, 1.165) is 12.4 Å². The van der Waals surface area contributed by atoms with Crippen LogP contribution in [0.2, 0.25) is 0 Å². The van der Waals surface area contributed by atoms with Crippen molar-refractivity contribution in [2.45, 2.75) is 46.1 Å². The molecule has 0 radical (unpaired) electrons. The Morgan fingerprint density at radius 1 is 1.20 bits per heavy atom. The van der Waals surface area contributed by atoms with Gasteiger partial charge in [0.15, 0.2) is 0 Å². The number of carbonyl (C=O) groups is 3. The summed E-state index contributed by atoms with van der Waals surface area (Å²) in [6.45, 7) is 7.71. The summed E-state index contributed by atoms with van der Waals surface area (Å²) < 4.78 is 9.68. The predicted molar refractivity (Wildman–Crippen MR) is 138 cm³/mol. The standard InChI is InChI=1S/C10H13N3O3.C8H10O.C6H10.C3H6O/c14-6-5-12-9(15)7-13-10(16)8-3-1-2-4-11-8;1-7-3-5-8(9-2)6-4-7;1-6-4-2-3-5-6;1-3-2-4-3/h1-3,6,11H,4-5,7H2,(H,12,15)(H,13,16);3-6H,1-2H3;4H,2-3,5H2,1H3;3H,2H2,1H3. The van der Waals surface area contributed by atoms with Crippen molar-refractivity contribution in [3.63, 3.8) is 0 Å². The number of hydrogen-bond donors (Lipinski definition) is 3. The van der Waals surface area contributed by atoms with E-state index in [1.54, 1.807) is 24.8 Å². The smallest absolute Gasteiger partial charge is 0.267 e. The number of benzene rings is 1. The first-order valence-electron chi connectivity index (χ1n) is 11.8. The van der Waals surface area contributed by atoms with E-state index in [4.69, 9.17) is 9.47 Å². The van der Waals surface area contributed by atoms with E-state index in [-0.39, 0.29) is 19.0 Å². The summed E-state index contributed by atoms with van der Waals surface area (Å²) in [6, 6.07) is 7.96. The zero-order chi connectivity index (χ0) is 25.9. The molecule has 4 rings (SSSR count). The number of dihydropyridines is 1. The molecular weight excluding hydrogens is 446 g/mol. The van der Waals surface area contributed by atoms with Crippen LogP contribution >= 0.6 is 0 Å². The minimum atomic E-state index is -0.396. The molecule has 2 heterocycles. The molecule has 2 amide bonds. The normalized spacial score (nSPS) is 16.6. The summed E-state index contributed by atoms with van der Waals surface area (Å²) in [7, 11) is 1.67. The zero-order valence-corrected chi connectivity index (χ0v) is 21.3. The van der Waals surface area contributed by atoms with Crippen LogP contribution in [-0.2, 0) is 19.1 Å². The second kappa shape index (κ2) is 18.0. The summed E-state index contributed by atoms with van der Waals surface area (Å²) in [6.07, 6.45) is 12.8. The molecule has 3 aliphatic rings. The van der Waals surface area contributed by atoms with Gasteiger partial charge >= 0.3 is 0 Å². The molecule has 0 bridgehead atoms. The van der Waals surface area contributed by atoms with E-state index in [1.807, 2.05) is 30.3 Å². The molecule has 2 aliphatic heterocycles. The lowest BCUT2D eigenvalue weighted by Crippen LogP contribution is -2.40. The fourth-order valence-corrected chi connectivity index (χ4v) is 2.69. The van der Waals surface area contributed by atoms with Crippen LogP contribution < -0.4 is 20.7 Å². The number of aldehydes is 1. The molecule has 1 aliphatic carbocycles. The molecule has 1 saturated heterocycles. The summed E-state index contributed by atoms with van der Waals surface area (Å²) >= 11 is 0. The number of hydrogen-bond acceptors (Lipinski definition) is 6. The average molecular weight is 486 g/mol. The highest BCUT2D eigenvalue weighted by Crippen LogP contribution is 2.15. The van der Waals surface area contributed by atoms with Gasteiger partial charge in [-0.2, -0.15) is 0 Å². The van der Waals surface area contributed by atoms with Gasteiger partial charge in [-0.25, -0.2) is 0 Å². The van der Waals surface area contributed by atoms with Crippen molar-refractivity contribution >= 4 is 18.1 Å². The van der Waals surface area contributed by atoms with Crippen LogP contribution in [0.3, 0.4) is 0 Å². The number of aryl methyl sites for hydroxylation is 1. The lowest BCUT2D eigenvalue weighted by Gasteiger charge is -2.11. The van der Waals surface area contributed by atoms with E-state index in [9.17, 15) is 14.4 Å². The van der Waals surface area contributed by atoms with E-state index in [0.29, 0.717) is 24.6 Å². The zero-order valence-electron chi connectivity index (χ0n) is 21.3. The Balaban J connectivity index is 0.000000267. The van der Waals surface area contributed by atoms with Crippen LogP contribution in [0.25, 0.3) is 0 Å². The molecular formula is C27H39N3O5. The van der Waals surface area contributed by atoms with Gasteiger partial charge in [0, 0.05) is 6.54 Å². The van der Waals surface area contributed by atoms with Crippen LogP contribution in [0.1, 0.15) is 38.7 Å². The second-order valence-electron chi connectivity index (χ2n) is 8.15. The summed E-state index contributed by atoms with van der Waals surface area (Å²) in [4.78, 5) is 32.5. The Bertz CT molecular complexity index is 871. The molecule has 1 aromatic carbocycles. The highest BCUT2D eigenvalue weighted by atomic mass is 16.6. The van der Waals surface area contributed by atoms with Crippen molar-refractivity contribution < 1.29 is 23.9 Å². The SMILES string of the molecule is CC1=CCCC1.CC1CO1.COc1ccc(C)cc1.O=CCNC(=O)CNC(=O)C1=CC=CCN1. The maximum absolute atomic E-state index is 11.5. The number of methoxy groups -OCH3 is 1. The van der Waals surface area contributed by atoms with E-state index < -0.39 is 5.91 Å². The quantitative estimate of drug-likeness (QED) is 0.325. The van der Waals surface area contributed by atoms with Gasteiger partial charge in [-0.15, -0.1) is 0 Å². The minimum absolute atomic E-state index is 0.0433. The van der Waals surface area contributed by atoms with E-state index in [2.05, 4.69) is 42.8 Å². The first-order valence-corrected chi connectivity index (χ1v) is 11.8. The van der Waals surface area contributed by atoms with Crippen LogP contribution in [0.15, 0.2) is 59.8 Å². The van der Waals surface area contributed by atoms with Crippen LogP contribution in [0, 0.1) is 6.92 Å². The maximum atomic E-state index is 11.5. The van der Waals surface area contributed by atoms with Gasteiger partial charge in [-0.1, -0.05) is 41.5 Å². The van der Waals surface area contributed by atoms with Gasteiger partial charge in [0.2, 0.25) is 5.91 Å². The molecule has 3 N–H and O–H groups in total. The van der Waals surface area contributed by atoms with Gasteiger partial charge in [-0.3, -0.25) is 9.59 Å². The van der Waals surface area contributed by atoms with Crippen molar-refractivity contribution in [3.05, 3.63) is 65.4 Å². The largest absolute Gasteiger partial charge is 0.497 e.